The van der Waals surface area contributed by atoms with E-state index in [0.717, 1.165) is 0 Å². The second-order valence-corrected chi connectivity index (χ2v) is 27.4. The fourth-order valence-electron chi connectivity index (χ4n) is 6.03. The maximum Gasteiger partial charge on any atom is 0.0835 e. The van der Waals surface area contributed by atoms with Crippen LogP contribution in [-0.2, 0) is 0 Å². The Hall–Kier alpha value is 1.83. The van der Waals surface area contributed by atoms with Crippen LogP contribution in [0.2, 0.25) is 36.3 Å². The molecule has 166 valence electrons. The summed E-state index contributed by atoms with van der Waals surface area (Å²) in [5.41, 5.74) is 0. The lowest BCUT2D eigenvalue weighted by atomic mass is 10.3. The van der Waals surface area contributed by atoms with Crippen LogP contribution >= 0.6 is 47.0 Å². The highest BCUT2D eigenvalue weighted by molar-refractivity contribution is 8.22. The van der Waals surface area contributed by atoms with E-state index in [-0.39, 0.29) is 0 Å². The molecule has 2 aliphatic heterocycles. The van der Waals surface area contributed by atoms with E-state index in [9.17, 15) is 0 Å². The molecule has 0 nitrogen and oxygen atoms in total. The van der Waals surface area contributed by atoms with Crippen LogP contribution in [0.25, 0.3) is 0 Å². The molecule has 0 spiro atoms. The Bertz CT molecular complexity index is 393. The molecule has 0 amide bonds. The van der Waals surface area contributed by atoms with Gasteiger partial charge in [-0.25, -0.2) is 0 Å². The molecule has 0 unspecified atom stereocenters. The van der Waals surface area contributed by atoms with Crippen LogP contribution in [0.3, 0.4) is 0 Å². The normalized spacial score (nSPS) is 22.9. The van der Waals surface area contributed by atoms with E-state index in [1.807, 2.05) is 0 Å². The van der Waals surface area contributed by atoms with Gasteiger partial charge in [0.15, 0.2) is 0 Å². The minimum atomic E-state index is -1.25. The smallest absolute Gasteiger partial charge is 0.0835 e. The van der Waals surface area contributed by atoms with E-state index in [1.54, 1.807) is 0 Å². The molecule has 2 heterocycles. The number of thioether (sulfide) groups is 4. The Morgan fingerprint density at radius 2 is 0.750 bits per heavy atom. The van der Waals surface area contributed by atoms with Crippen LogP contribution < -0.4 is 0 Å². The van der Waals surface area contributed by atoms with Crippen LogP contribution in [-0.4, -0.2) is 46.6 Å². The van der Waals surface area contributed by atoms with Crippen molar-refractivity contribution in [3.05, 3.63) is 0 Å². The van der Waals surface area contributed by atoms with E-state index >= 15 is 0 Å². The first-order valence-corrected chi connectivity index (χ1v) is 21.2. The summed E-state index contributed by atoms with van der Waals surface area (Å²) in [6.45, 7) is 15.2. The fourth-order valence-corrected chi connectivity index (χ4v) is 30.4. The number of hydrogen-bond donors (Lipinski definition) is 0. The second-order valence-electron chi connectivity index (χ2n) is 8.79. The first kappa shape index (κ1) is 26.1. The third-order valence-corrected chi connectivity index (χ3v) is 33.2. The average Bonchev–Trinajstić information content (AvgIpc) is 2.77. The zero-order valence-electron chi connectivity index (χ0n) is 19.5. The maximum atomic E-state index is 2.54. The maximum absolute atomic E-state index is 2.54. The van der Waals surface area contributed by atoms with Crippen molar-refractivity contribution in [1.29, 1.82) is 0 Å². The van der Waals surface area contributed by atoms with Gasteiger partial charge in [0.1, 0.15) is 0 Å². The van der Waals surface area contributed by atoms with Crippen LogP contribution in [0.5, 0.6) is 0 Å². The third-order valence-electron chi connectivity index (χ3n) is 8.38. The summed E-state index contributed by atoms with van der Waals surface area (Å²) < 4.78 is 1.20. The lowest BCUT2D eigenvalue weighted by Crippen LogP contribution is -2.58. The predicted octanol–water partition coefficient (Wildman–Crippen LogP) is 8.99. The van der Waals surface area contributed by atoms with E-state index in [0.29, 0.717) is 7.40 Å². The van der Waals surface area contributed by atoms with Gasteiger partial charge in [-0.15, -0.1) is 47.0 Å². The summed E-state index contributed by atoms with van der Waals surface area (Å²) in [4.78, 5) is 0. The Morgan fingerprint density at radius 3 is 0.964 bits per heavy atom. The van der Waals surface area contributed by atoms with Gasteiger partial charge in [-0.3, -0.25) is 0 Å². The Balaban J connectivity index is 2.37. The molecule has 2 fully saturated rings. The zero-order chi connectivity index (χ0) is 20.7. The van der Waals surface area contributed by atoms with Crippen molar-refractivity contribution in [2.45, 2.75) is 111 Å². The van der Waals surface area contributed by atoms with E-state index < -0.39 is 16.1 Å². The summed E-state index contributed by atoms with van der Waals surface area (Å²) in [5, 5.41) is 0. The van der Waals surface area contributed by atoms with E-state index in [2.05, 4.69) is 88.6 Å². The zero-order valence-corrected chi connectivity index (χ0v) is 24.8. The molecular weight excluding hydrogens is 449 g/mol. The molecule has 0 N–H and O–H groups in total. The van der Waals surface area contributed by atoms with Gasteiger partial charge in [-0.2, -0.15) is 0 Å². The van der Waals surface area contributed by atoms with Crippen LogP contribution in [0.15, 0.2) is 0 Å². The van der Waals surface area contributed by atoms with Crippen LogP contribution in [0.1, 0.15) is 67.2 Å². The summed E-state index contributed by atoms with van der Waals surface area (Å²) in [5.74, 6) is 5.69. The summed E-state index contributed by atoms with van der Waals surface area (Å²) in [6.07, 6.45) is 5.90. The second kappa shape index (κ2) is 11.6. The predicted molar refractivity (Wildman–Crippen MR) is 148 cm³/mol. The lowest BCUT2D eigenvalue weighted by Gasteiger charge is -2.54. The monoisotopic (exact) mass is 494 g/mol. The minimum Gasteiger partial charge on any atom is -0.148 e. The van der Waals surface area contributed by atoms with Crippen molar-refractivity contribution in [3.8, 4) is 0 Å². The van der Waals surface area contributed by atoms with Gasteiger partial charge >= 0.3 is 0 Å². The molecule has 2 aliphatic rings. The van der Waals surface area contributed by atoms with Crippen molar-refractivity contribution in [2.75, 3.05) is 23.0 Å². The van der Waals surface area contributed by atoms with Gasteiger partial charge < -0.3 is 0 Å². The van der Waals surface area contributed by atoms with Crippen molar-refractivity contribution in [3.63, 3.8) is 0 Å². The fraction of sp³-hybridized carbons (Fsp3) is 1.00. The van der Waals surface area contributed by atoms with Crippen molar-refractivity contribution < 1.29 is 0 Å². The summed E-state index contributed by atoms with van der Waals surface area (Å²) >= 11 is 9.73. The number of rotatable bonds is 11. The molecule has 0 radical (unpaired) electrons. The van der Waals surface area contributed by atoms with Gasteiger partial charge in [0.25, 0.3) is 0 Å². The molecule has 0 aromatic carbocycles. The highest BCUT2D eigenvalue weighted by Gasteiger charge is 2.56. The first-order chi connectivity index (χ1) is 13.5. The van der Waals surface area contributed by atoms with Gasteiger partial charge in [0.2, 0.25) is 0 Å². The molecule has 0 aromatic heterocycles. The van der Waals surface area contributed by atoms with E-state index in [1.165, 1.54) is 85.0 Å². The van der Waals surface area contributed by atoms with Gasteiger partial charge in [-0.1, -0.05) is 77.8 Å². The lowest BCUT2D eigenvalue weighted by molar-refractivity contribution is 0.735. The molecule has 6 heteroatoms. The topological polar surface area (TPSA) is 0 Å². The highest BCUT2D eigenvalue weighted by Crippen LogP contribution is 2.60. The quantitative estimate of drug-likeness (QED) is 0.263. The molecular formula is C22H46S4Si2. The Kier molecular flexibility index (Phi) is 10.8. The Morgan fingerprint density at radius 1 is 0.500 bits per heavy atom. The molecule has 0 aliphatic carbocycles. The third kappa shape index (κ3) is 4.77. The highest BCUT2D eigenvalue weighted by atomic mass is 32.2. The molecule has 0 saturated carbocycles. The van der Waals surface area contributed by atoms with E-state index in [4.69, 9.17) is 0 Å². The van der Waals surface area contributed by atoms with Crippen LogP contribution in [0, 0.1) is 0 Å². The molecule has 0 bridgehead atoms. The van der Waals surface area contributed by atoms with Gasteiger partial charge in [-0.05, 0) is 48.7 Å². The largest absolute Gasteiger partial charge is 0.148 e. The summed E-state index contributed by atoms with van der Waals surface area (Å²) in [6, 6.07) is 8.95. The molecule has 0 atom stereocenters. The van der Waals surface area contributed by atoms with Gasteiger partial charge in [0.05, 0.1) is 23.6 Å². The molecule has 2 saturated heterocycles. The molecule has 28 heavy (non-hydrogen) atoms. The average molecular weight is 495 g/mol. The summed E-state index contributed by atoms with van der Waals surface area (Å²) in [7, 11) is -2.50. The Labute approximate surface area is 196 Å². The minimum absolute atomic E-state index is 0.602. The first-order valence-electron chi connectivity index (χ1n) is 12.0. The number of hydrogen-bond acceptors (Lipinski definition) is 4. The molecule has 2 rings (SSSR count). The van der Waals surface area contributed by atoms with Crippen LogP contribution in [0.4, 0.5) is 0 Å². The molecule has 0 aromatic rings. The van der Waals surface area contributed by atoms with Crippen molar-refractivity contribution >= 4 is 63.2 Å². The van der Waals surface area contributed by atoms with Crippen molar-refractivity contribution in [1.82, 2.24) is 0 Å². The van der Waals surface area contributed by atoms with Gasteiger partial charge in [0, 0.05) is 0 Å². The standard InChI is InChI=1S/C22H46S4Si2/c1-7-27(8-2,9-3)21(23-17-13-18-24-21)15-16-22(25-19-14-20-26-22)28(10-4,11-5)12-6/h7-20H2,1-6H3. The van der Waals surface area contributed by atoms with Crippen molar-refractivity contribution in [2.24, 2.45) is 0 Å². The SMILES string of the molecule is CC[Si](CC)(CC)C1(CCC2([Si](CC)(CC)CC)SCCCS2)SCCCS1.